The van der Waals surface area contributed by atoms with Crippen molar-refractivity contribution in [3.05, 3.63) is 24.0 Å². The highest BCUT2D eigenvalue weighted by molar-refractivity contribution is 8.14. The van der Waals surface area contributed by atoms with Crippen molar-refractivity contribution in [2.45, 2.75) is 25.8 Å². The molecule has 1 aliphatic heterocycles. The van der Waals surface area contributed by atoms with Crippen LogP contribution in [0.3, 0.4) is 0 Å². The lowest BCUT2D eigenvalue weighted by Crippen LogP contribution is -2.27. The summed E-state index contributed by atoms with van der Waals surface area (Å²) in [5.74, 6) is 0.902. The second-order valence-corrected chi connectivity index (χ2v) is 5.89. The van der Waals surface area contributed by atoms with E-state index in [-0.39, 0.29) is 17.1 Å². The molecule has 1 aromatic rings. The zero-order chi connectivity index (χ0) is 13.2. The maximum absolute atomic E-state index is 13.5. The third-order valence-electron chi connectivity index (χ3n) is 2.76. The van der Waals surface area contributed by atoms with E-state index in [9.17, 15) is 4.39 Å². The van der Waals surface area contributed by atoms with Crippen LogP contribution in [-0.4, -0.2) is 23.6 Å². The fraction of sp³-hybridized carbons (Fsp3) is 0.462. The Hall–Kier alpha value is -1.23. The summed E-state index contributed by atoms with van der Waals surface area (Å²) in [7, 11) is 1.45. The fourth-order valence-corrected chi connectivity index (χ4v) is 2.99. The number of benzene rings is 1. The van der Waals surface area contributed by atoms with Crippen LogP contribution in [0.1, 0.15) is 20.3 Å². The average Bonchev–Trinajstić information content (AvgIpc) is 2.28. The first-order valence-corrected chi connectivity index (χ1v) is 6.82. The molecule has 5 heteroatoms. The van der Waals surface area contributed by atoms with Gasteiger partial charge >= 0.3 is 0 Å². The molecule has 0 amide bonds. The first kappa shape index (κ1) is 13.2. The van der Waals surface area contributed by atoms with Crippen molar-refractivity contribution in [3.8, 4) is 5.75 Å². The lowest BCUT2D eigenvalue weighted by atomic mass is 10.0. The van der Waals surface area contributed by atoms with Gasteiger partial charge in [0.05, 0.1) is 12.6 Å². The van der Waals surface area contributed by atoms with E-state index in [1.54, 1.807) is 23.9 Å². The molecule has 0 spiro atoms. The number of ether oxygens (including phenoxy) is 1. The summed E-state index contributed by atoms with van der Waals surface area (Å²) in [6.45, 7) is 4.20. The second-order valence-electron chi connectivity index (χ2n) is 4.80. The minimum absolute atomic E-state index is 0.0431. The number of rotatable bonds is 2. The van der Waals surface area contributed by atoms with E-state index in [0.29, 0.717) is 5.69 Å². The number of nitrogens with zero attached hydrogens (tertiary/aromatic N) is 1. The van der Waals surface area contributed by atoms with Crippen LogP contribution in [0.15, 0.2) is 23.2 Å². The topological polar surface area (TPSA) is 33.6 Å². The standard InChI is InChI=1S/C13H17FN2OS/c1-13(2)6-7-18-12(16-13)15-9-4-5-11(17-3)10(14)8-9/h4-5,8H,6-7H2,1-3H3,(H,15,16). The van der Waals surface area contributed by atoms with Crippen LogP contribution < -0.4 is 10.1 Å². The molecule has 98 valence electrons. The van der Waals surface area contributed by atoms with Gasteiger partial charge < -0.3 is 10.1 Å². The number of hydrogen-bond acceptors (Lipinski definition) is 4. The molecular weight excluding hydrogens is 251 g/mol. The number of nitrogens with one attached hydrogen (secondary N) is 1. The largest absolute Gasteiger partial charge is 0.494 e. The van der Waals surface area contributed by atoms with Crippen LogP contribution in [0.4, 0.5) is 10.1 Å². The third kappa shape index (κ3) is 3.16. The number of thioether (sulfide) groups is 1. The minimum atomic E-state index is -0.372. The minimum Gasteiger partial charge on any atom is -0.494 e. The molecule has 18 heavy (non-hydrogen) atoms. The summed E-state index contributed by atoms with van der Waals surface area (Å²) in [5, 5.41) is 3.99. The first-order valence-electron chi connectivity index (χ1n) is 5.83. The van der Waals surface area contributed by atoms with Crippen molar-refractivity contribution < 1.29 is 9.13 Å². The molecule has 3 nitrogen and oxygen atoms in total. The SMILES string of the molecule is COc1ccc(NC2=NC(C)(C)CCS2)cc1F. The van der Waals surface area contributed by atoms with E-state index in [1.807, 2.05) is 0 Å². The van der Waals surface area contributed by atoms with Gasteiger partial charge in [-0.25, -0.2) is 4.39 Å². The molecule has 0 radical (unpaired) electrons. The van der Waals surface area contributed by atoms with Gasteiger partial charge in [-0.05, 0) is 32.4 Å². The quantitative estimate of drug-likeness (QED) is 0.891. The highest BCUT2D eigenvalue weighted by Crippen LogP contribution is 2.28. The van der Waals surface area contributed by atoms with Gasteiger partial charge in [-0.15, -0.1) is 0 Å². The van der Waals surface area contributed by atoms with Gasteiger partial charge in [0.1, 0.15) is 0 Å². The highest BCUT2D eigenvalue weighted by atomic mass is 32.2. The van der Waals surface area contributed by atoms with Crippen LogP contribution in [-0.2, 0) is 0 Å². The van der Waals surface area contributed by atoms with Gasteiger partial charge in [-0.2, -0.15) is 0 Å². The molecule has 0 unspecified atom stereocenters. The lowest BCUT2D eigenvalue weighted by Gasteiger charge is -2.26. The van der Waals surface area contributed by atoms with Crippen molar-refractivity contribution >= 4 is 22.6 Å². The number of hydrogen-bond donors (Lipinski definition) is 1. The molecular formula is C13H17FN2OS. The van der Waals surface area contributed by atoms with Crippen molar-refractivity contribution in [1.82, 2.24) is 0 Å². The van der Waals surface area contributed by atoms with E-state index in [0.717, 1.165) is 17.3 Å². The van der Waals surface area contributed by atoms with E-state index in [1.165, 1.54) is 13.2 Å². The van der Waals surface area contributed by atoms with Gasteiger partial charge in [0.25, 0.3) is 0 Å². The summed E-state index contributed by atoms with van der Waals surface area (Å²) in [6, 6.07) is 4.81. The molecule has 0 fully saturated rings. The number of anilines is 1. The highest BCUT2D eigenvalue weighted by Gasteiger charge is 2.22. The molecule has 1 heterocycles. The Kier molecular flexibility index (Phi) is 3.80. The Morgan fingerprint density at radius 2 is 2.22 bits per heavy atom. The zero-order valence-electron chi connectivity index (χ0n) is 10.8. The summed E-state index contributed by atoms with van der Waals surface area (Å²) in [5.41, 5.74) is 0.649. The summed E-state index contributed by atoms with van der Waals surface area (Å²) >= 11 is 1.66. The smallest absolute Gasteiger partial charge is 0.167 e. The Balaban J connectivity index is 2.14. The number of amidine groups is 1. The molecule has 0 saturated heterocycles. The van der Waals surface area contributed by atoms with Crippen molar-refractivity contribution in [3.63, 3.8) is 0 Å². The van der Waals surface area contributed by atoms with Gasteiger partial charge in [-0.3, -0.25) is 4.99 Å². The molecule has 0 bridgehead atoms. The molecule has 0 aromatic heterocycles. The number of halogens is 1. The van der Waals surface area contributed by atoms with Crippen LogP contribution in [0.2, 0.25) is 0 Å². The average molecular weight is 268 g/mol. The molecule has 1 aromatic carbocycles. The summed E-state index contributed by atoms with van der Waals surface area (Å²) in [4.78, 5) is 4.60. The Morgan fingerprint density at radius 3 is 2.83 bits per heavy atom. The Bertz CT molecular complexity index is 474. The van der Waals surface area contributed by atoms with Crippen molar-refractivity contribution in [2.24, 2.45) is 4.99 Å². The third-order valence-corrected chi connectivity index (χ3v) is 3.63. The van der Waals surface area contributed by atoms with Crippen LogP contribution in [0.5, 0.6) is 5.75 Å². The summed E-state index contributed by atoms with van der Waals surface area (Å²) in [6.07, 6.45) is 1.06. The molecule has 1 aliphatic rings. The van der Waals surface area contributed by atoms with Gasteiger partial charge in [-0.1, -0.05) is 11.8 Å². The van der Waals surface area contributed by atoms with E-state index < -0.39 is 0 Å². The molecule has 0 aliphatic carbocycles. The Morgan fingerprint density at radius 1 is 1.44 bits per heavy atom. The number of aliphatic imine (C=N–C) groups is 1. The fourth-order valence-electron chi connectivity index (χ4n) is 1.69. The molecule has 0 atom stereocenters. The van der Waals surface area contributed by atoms with Gasteiger partial charge in [0, 0.05) is 17.5 Å². The maximum Gasteiger partial charge on any atom is 0.167 e. The van der Waals surface area contributed by atoms with Crippen LogP contribution in [0.25, 0.3) is 0 Å². The van der Waals surface area contributed by atoms with Crippen LogP contribution >= 0.6 is 11.8 Å². The Labute approximate surface area is 111 Å². The van der Waals surface area contributed by atoms with E-state index in [2.05, 4.69) is 24.2 Å². The molecule has 0 saturated carbocycles. The normalized spacial score (nSPS) is 18.1. The monoisotopic (exact) mass is 268 g/mol. The lowest BCUT2D eigenvalue weighted by molar-refractivity contribution is 0.387. The van der Waals surface area contributed by atoms with Crippen LogP contribution in [0, 0.1) is 5.82 Å². The van der Waals surface area contributed by atoms with E-state index in [4.69, 9.17) is 4.74 Å². The molecule has 1 N–H and O–H groups in total. The predicted molar refractivity (Wildman–Crippen MR) is 75.2 cm³/mol. The zero-order valence-corrected chi connectivity index (χ0v) is 11.6. The van der Waals surface area contributed by atoms with E-state index >= 15 is 0 Å². The van der Waals surface area contributed by atoms with Gasteiger partial charge in [0.2, 0.25) is 0 Å². The van der Waals surface area contributed by atoms with Crippen molar-refractivity contribution in [1.29, 1.82) is 0 Å². The van der Waals surface area contributed by atoms with Gasteiger partial charge in [0.15, 0.2) is 16.7 Å². The first-order chi connectivity index (χ1) is 8.50. The number of methoxy groups -OCH3 is 1. The maximum atomic E-state index is 13.5. The predicted octanol–water partition coefficient (Wildman–Crippen LogP) is 3.52. The summed E-state index contributed by atoms with van der Waals surface area (Å²) < 4.78 is 18.4. The molecule has 2 rings (SSSR count). The second kappa shape index (κ2) is 5.18. The van der Waals surface area contributed by atoms with Crippen molar-refractivity contribution in [2.75, 3.05) is 18.2 Å².